The molecule has 2 aromatic carbocycles. The topological polar surface area (TPSA) is 51.0 Å². The second kappa shape index (κ2) is 6.08. The van der Waals surface area contributed by atoms with Gasteiger partial charge in [-0.15, -0.1) is 0 Å². The number of fused-ring (bicyclic) bond motifs is 3. The van der Waals surface area contributed by atoms with Gasteiger partial charge in [-0.3, -0.25) is 4.99 Å². The molecule has 0 amide bonds. The van der Waals surface area contributed by atoms with Gasteiger partial charge in [0, 0.05) is 27.6 Å². The number of halogens is 1. The van der Waals surface area contributed by atoms with E-state index in [0.717, 1.165) is 44.6 Å². The molecule has 142 valence electrons. The van der Waals surface area contributed by atoms with E-state index in [9.17, 15) is 5.11 Å². The van der Waals surface area contributed by atoms with E-state index in [2.05, 4.69) is 41.9 Å². The van der Waals surface area contributed by atoms with E-state index >= 15 is 0 Å². The van der Waals surface area contributed by atoms with Crippen LogP contribution in [0.4, 0.5) is 0 Å². The molecule has 0 radical (unpaired) electrons. The Labute approximate surface area is 168 Å². The first-order valence-corrected chi connectivity index (χ1v) is 9.89. The van der Waals surface area contributed by atoms with Gasteiger partial charge in [0.05, 0.1) is 18.4 Å². The first kappa shape index (κ1) is 18.5. The lowest BCUT2D eigenvalue weighted by molar-refractivity contribution is 0.103. The molecule has 1 atom stereocenters. The fourth-order valence-electron chi connectivity index (χ4n) is 4.01. The Kier molecular flexibility index (Phi) is 4.17. The lowest BCUT2D eigenvalue weighted by atomic mass is 9.79. The molecular formula is C22H24BrNO3. The minimum Gasteiger partial charge on any atom is -0.493 e. The van der Waals surface area contributed by atoms with Crippen molar-refractivity contribution in [2.75, 3.05) is 7.11 Å². The standard InChI is InChI=1S/C22H24BrNO3/c1-21(2)11-15-17-14(10-16(26-5)19(15)27-21)20(25)22(3,4)24-18(17)12-7-6-8-13(23)9-12/h6-10,20,25H,11H2,1-5H3. The van der Waals surface area contributed by atoms with E-state index in [1.54, 1.807) is 7.11 Å². The molecule has 2 aromatic rings. The summed E-state index contributed by atoms with van der Waals surface area (Å²) < 4.78 is 12.8. The molecule has 0 saturated heterocycles. The van der Waals surface area contributed by atoms with Gasteiger partial charge in [-0.1, -0.05) is 28.1 Å². The predicted octanol–water partition coefficient (Wildman–Crippen LogP) is 4.83. The van der Waals surface area contributed by atoms with Crippen molar-refractivity contribution in [1.29, 1.82) is 0 Å². The normalized spacial score (nSPS) is 21.7. The Morgan fingerprint density at radius 3 is 2.63 bits per heavy atom. The number of rotatable bonds is 2. The fraction of sp³-hybridized carbons (Fsp3) is 0.409. The highest BCUT2D eigenvalue weighted by Gasteiger charge is 2.43. The number of aliphatic hydroxyl groups excluding tert-OH is 1. The zero-order valence-corrected chi connectivity index (χ0v) is 17.8. The highest BCUT2D eigenvalue weighted by molar-refractivity contribution is 9.10. The largest absolute Gasteiger partial charge is 0.493 e. The summed E-state index contributed by atoms with van der Waals surface area (Å²) in [6.45, 7) is 8.05. The second-order valence-electron chi connectivity index (χ2n) is 8.42. The first-order chi connectivity index (χ1) is 12.6. The van der Waals surface area contributed by atoms with Crippen molar-refractivity contribution in [2.24, 2.45) is 4.99 Å². The third-order valence-corrected chi connectivity index (χ3v) is 5.77. The van der Waals surface area contributed by atoms with Gasteiger partial charge in [0.1, 0.15) is 11.7 Å². The molecule has 0 fully saturated rings. The summed E-state index contributed by atoms with van der Waals surface area (Å²) in [6, 6.07) is 10.0. The number of aliphatic imine (C=N–C) groups is 1. The Balaban J connectivity index is 2.04. The molecule has 0 spiro atoms. The maximum absolute atomic E-state index is 11.1. The minimum atomic E-state index is -0.716. The van der Waals surface area contributed by atoms with Gasteiger partial charge < -0.3 is 14.6 Å². The molecular weight excluding hydrogens is 406 g/mol. The summed E-state index contributed by atoms with van der Waals surface area (Å²) in [4.78, 5) is 4.98. The van der Waals surface area contributed by atoms with Crippen LogP contribution in [0.5, 0.6) is 11.5 Å². The molecule has 1 unspecified atom stereocenters. The number of ether oxygens (including phenoxy) is 2. The summed E-state index contributed by atoms with van der Waals surface area (Å²) in [5.74, 6) is 1.43. The van der Waals surface area contributed by atoms with Crippen molar-refractivity contribution in [3.63, 3.8) is 0 Å². The lowest BCUT2D eigenvalue weighted by Crippen LogP contribution is -2.35. The Morgan fingerprint density at radius 2 is 1.96 bits per heavy atom. The van der Waals surface area contributed by atoms with Crippen molar-refractivity contribution in [1.82, 2.24) is 0 Å². The summed E-state index contributed by atoms with van der Waals surface area (Å²) in [5, 5.41) is 11.1. The molecule has 5 heteroatoms. The fourth-order valence-corrected chi connectivity index (χ4v) is 4.41. The smallest absolute Gasteiger partial charge is 0.166 e. The van der Waals surface area contributed by atoms with E-state index in [0.29, 0.717) is 5.75 Å². The minimum absolute atomic E-state index is 0.328. The molecule has 4 rings (SSSR count). The van der Waals surface area contributed by atoms with Gasteiger partial charge in [-0.05, 0) is 51.5 Å². The van der Waals surface area contributed by atoms with Gasteiger partial charge in [0.15, 0.2) is 11.5 Å². The third kappa shape index (κ3) is 2.97. The molecule has 0 aliphatic carbocycles. The van der Waals surface area contributed by atoms with Gasteiger partial charge in [0.2, 0.25) is 0 Å². The second-order valence-corrected chi connectivity index (χ2v) is 9.33. The zero-order valence-electron chi connectivity index (χ0n) is 16.3. The lowest BCUT2D eigenvalue weighted by Gasteiger charge is -2.35. The zero-order chi connectivity index (χ0) is 19.6. The quantitative estimate of drug-likeness (QED) is 0.743. The molecule has 1 N–H and O–H groups in total. The van der Waals surface area contributed by atoms with Gasteiger partial charge >= 0.3 is 0 Å². The maximum atomic E-state index is 11.1. The molecule has 0 saturated carbocycles. The summed E-state index contributed by atoms with van der Waals surface area (Å²) in [6.07, 6.45) is 0.0218. The molecule has 2 aliphatic rings. The molecule has 27 heavy (non-hydrogen) atoms. The van der Waals surface area contributed by atoms with E-state index in [4.69, 9.17) is 14.5 Å². The SMILES string of the molecule is COc1cc2c(c3c1OC(C)(C)C3)C(c1cccc(Br)c1)=NC(C)(C)C2O. The van der Waals surface area contributed by atoms with Crippen LogP contribution in [0.1, 0.15) is 56.1 Å². The summed E-state index contributed by atoms with van der Waals surface area (Å²) in [5.41, 5.74) is 3.82. The molecule has 0 bridgehead atoms. The van der Waals surface area contributed by atoms with E-state index in [-0.39, 0.29) is 5.60 Å². The van der Waals surface area contributed by atoms with Gasteiger partial charge in [-0.2, -0.15) is 0 Å². The molecule has 2 aliphatic heterocycles. The number of hydrogen-bond acceptors (Lipinski definition) is 4. The van der Waals surface area contributed by atoms with E-state index in [1.807, 2.05) is 32.0 Å². The molecule has 4 nitrogen and oxygen atoms in total. The van der Waals surface area contributed by atoms with Crippen molar-refractivity contribution >= 4 is 21.6 Å². The average Bonchev–Trinajstić information content (AvgIpc) is 2.92. The molecule has 2 heterocycles. The van der Waals surface area contributed by atoms with Crippen LogP contribution in [-0.4, -0.2) is 29.1 Å². The summed E-state index contributed by atoms with van der Waals surface area (Å²) in [7, 11) is 1.64. The predicted molar refractivity (Wildman–Crippen MR) is 110 cm³/mol. The number of nitrogens with zero attached hydrogens (tertiary/aromatic N) is 1. The Bertz CT molecular complexity index is 962. The number of benzene rings is 2. The number of aliphatic hydroxyl groups is 1. The Hall–Kier alpha value is -1.85. The molecule has 0 aromatic heterocycles. The van der Waals surface area contributed by atoms with Crippen LogP contribution >= 0.6 is 15.9 Å². The van der Waals surface area contributed by atoms with Crippen LogP contribution < -0.4 is 9.47 Å². The van der Waals surface area contributed by atoms with Crippen molar-refractivity contribution < 1.29 is 14.6 Å². The Morgan fingerprint density at radius 1 is 1.22 bits per heavy atom. The van der Waals surface area contributed by atoms with Gasteiger partial charge in [-0.25, -0.2) is 0 Å². The highest BCUT2D eigenvalue weighted by atomic mass is 79.9. The van der Waals surface area contributed by atoms with Crippen LogP contribution in [0.2, 0.25) is 0 Å². The maximum Gasteiger partial charge on any atom is 0.166 e. The monoisotopic (exact) mass is 429 g/mol. The number of hydrogen-bond donors (Lipinski definition) is 1. The van der Waals surface area contributed by atoms with Crippen molar-refractivity contribution in [2.45, 2.75) is 51.4 Å². The van der Waals surface area contributed by atoms with Crippen LogP contribution in [0.15, 0.2) is 39.8 Å². The third-order valence-electron chi connectivity index (χ3n) is 5.27. The number of methoxy groups -OCH3 is 1. The average molecular weight is 430 g/mol. The highest BCUT2D eigenvalue weighted by Crippen LogP contribution is 2.50. The van der Waals surface area contributed by atoms with Crippen LogP contribution in [-0.2, 0) is 6.42 Å². The summed E-state index contributed by atoms with van der Waals surface area (Å²) >= 11 is 3.56. The van der Waals surface area contributed by atoms with Gasteiger partial charge in [0.25, 0.3) is 0 Å². The van der Waals surface area contributed by atoms with Crippen molar-refractivity contribution in [3.8, 4) is 11.5 Å². The van der Waals surface area contributed by atoms with Crippen LogP contribution in [0.25, 0.3) is 0 Å². The van der Waals surface area contributed by atoms with E-state index in [1.165, 1.54) is 0 Å². The first-order valence-electron chi connectivity index (χ1n) is 9.10. The van der Waals surface area contributed by atoms with Crippen LogP contribution in [0, 0.1) is 0 Å². The van der Waals surface area contributed by atoms with E-state index < -0.39 is 11.6 Å². The van der Waals surface area contributed by atoms with Crippen molar-refractivity contribution in [3.05, 3.63) is 57.1 Å². The van der Waals surface area contributed by atoms with Crippen LogP contribution in [0.3, 0.4) is 0 Å².